The number of likely N-dealkylation sites (tertiary alicyclic amines) is 1. The summed E-state index contributed by atoms with van der Waals surface area (Å²) in [4.78, 5) is 24.0. The van der Waals surface area contributed by atoms with Crippen LogP contribution in [0, 0.1) is 5.82 Å². The fraction of sp³-hybridized carbons (Fsp3) is 0.297. The number of benzene rings is 3. The number of carbonyl (C=O) groups is 1. The van der Waals surface area contributed by atoms with Crippen LogP contribution in [0.1, 0.15) is 34.3 Å². The Morgan fingerprint density at radius 2 is 1.51 bits per heavy atom. The van der Waals surface area contributed by atoms with Crippen LogP contribution in [0.4, 0.5) is 15.8 Å². The van der Waals surface area contributed by atoms with Gasteiger partial charge in [-0.2, -0.15) is 0 Å². The largest absolute Gasteiger partial charge is 0.474 e. The molecule has 0 spiro atoms. The minimum Gasteiger partial charge on any atom is -0.474 e. The molecule has 2 heterocycles. The molecule has 1 fully saturated rings. The summed E-state index contributed by atoms with van der Waals surface area (Å²) in [6.45, 7) is 5.84. The van der Waals surface area contributed by atoms with Crippen molar-refractivity contribution < 1.29 is 13.9 Å². The SMILES string of the molecule is C=C(NCCc1ccc(N(C)C)cc1)c1ccc(F)cc1C(=O)N1CCC(Oc2ccc(-c3ccc(N(C)C)cc3)cn2)CC1. The number of aromatic nitrogens is 1. The Morgan fingerprint density at radius 1 is 0.889 bits per heavy atom. The zero-order chi connectivity index (χ0) is 31.9. The lowest BCUT2D eigenvalue weighted by Gasteiger charge is -2.32. The third-order valence-electron chi connectivity index (χ3n) is 8.21. The molecule has 8 heteroatoms. The number of rotatable bonds is 11. The average Bonchev–Trinajstić information content (AvgIpc) is 3.05. The number of hydrogen-bond donors (Lipinski definition) is 1. The number of amides is 1. The lowest BCUT2D eigenvalue weighted by atomic mass is 10.0. The second kappa shape index (κ2) is 14.3. The van der Waals surface area contributed by atoms with E-state index in [4.69, 9.17) is 4.74 Å². The molecular weight excluding hydrogens is 565 g/mol. The van der Waals surface area contributed by atoms with Gasteiger partial charge in [-0.05, 0) is 66.1 Å². The molecule has 1 aromatic heterocycles. The van der Waals surface area contributed by atoms with Gasteiger partial charge in [-0.15, -0.1) is 0 Å². The number of nitrogens with one attached hydrogen (secondary N) is 1. The third kappa shape index (κ3) is 8.01. The highest BCUT2D eigenvalue weighted by molar-refractivity contribution is 5.99. The van der Waals surface area contributed by atoms with Gasteiger partial charge in [0.25, 0.3) is 5.91 Å². The maximum Gasteiger partial charge on any atom is 0.254 e. The number of carbonyl (C=O) groups excluding carboxylic acids is 1. The first kappa shape index (κ1) is 31.6. The summed E-state index contributed by atoms with van der Waals surface area (Å²) in [6, 6.07) is 25.0. The van der Waals surface area contributed by atoms with E-state index in [0.717, 1.165) is 28.9 Å². The third-order valence-corrected chi connectivity index (χ3v) is 8.21. The van der Waals surface area contributed by atoms with Gasteiger partial charge in [0.05, 0.1) is 5.56 Å². The molecule has 1 saturated heterocycles. The zero-order valence-electron chi connectivity index (χ0n) is 26.6. The lowest BCUT2D eigenvalue weighted by Crippen LogP contribution is -2.42. The van der Waals surface area contributed by atoms with E-state index in [1.165, 1.54) is 17.7 Å². The van der Waals surface area contributed by atoms with Crippen molar-refractivity contribution in [2.24, 2.45) is 0 Å². The standard InChI is InChI=1S/C37H42FN5O2/c1-26(39-21-18-27-6-12-31(13-7-27)41(2)3)34-16-11-30(38)24-35(34)37(44)43-22-19-33(20-23-43)45-36-17-10-29(25-40-36)28-8-14-32(15-9-28)42(4)5/h6-17,24-25,33,39H,1,18-23H2,2-5H3. The number of hydrogen-bond acceptors (Lipinski definition) is 6. The minimum absolute atomic E-state index is 0.0535. The van der Waals surface area contributed by atoms with Crippen LogP contribution in [0.5, 0.6) is 5.88 Å². The normalized spacial score (nSPS) is 13.3. The van der Waals surface area contributed by atoms with E-state index in [1.807, 2.05) is 46.5 Å². The first-order valence-corrected chi connectivity index (χ1v) is 15.4. The van der Waals surface area contributed by atoms with Crippen LogP contribution in [0.25, 0.3) is 16.8 Å². The van der Waals surface area contributed by atoms with Crippen molar-refractivity contribution in [1.29, 1.82) is 0 Å². The Hall–Kier alpha value is -4.85. The predicted octanol–water partition coefficient (Wildman–Crippen LogP) is 6.51. The summed E-state index contributed by atoms with van der Waals surface area (Å²) in [5.41, 5.74) is 7.14. The van der Waals surface area contributed by atoms with E-state index in [1.54, 1.807) is 11.0 Å². The molecule has 0 unspecified atom stereocenters. The molecule has 7 nitrogen and oxygen atoms in total. The van der Waals surface area contributed by atoms with Crippen molar-refractivity contribution in [3.63, 3.8) is 0 Å². The van der Waals surface area contributed by atoms with Crippen molar-refractivity contribution in [2.75, 3.05) is 57.6 Å². The Balaban J connectivity index is 1.14. The summed E-state index contributed by atoms with van der Waals surface area (Å²) in [5, 5.41) is 3.33. The fourth-order valence-corrected chi connectivity index (χ4v) is 5.46. The van der Waals surface area contributed by atoms with Gasteiger partial charge < -0.3 is 24.8 Å². The molecule has 1 amide bonds. The van der Waals surface area contributed by atoms with Crippen molar-refractivity contribution in [2.45, 2.75) is 25.4 Å². The molecule has 0 saturated carbocycles. The molecule has 1 aliphatic heterocycles. The molecule has 1 N–H and O–H groups in total. The minimum atomic E-state index is -0.447. The number of anilines is 2. The Bertz CT molecular complexity index is 1590. The molecule has 0 radical (unpaired) electrons. The summed E-state index contributed by atoms with van der Waals surface area (Å²) < 4.78 is 20.5. The van der Waals surface area contributed by atoms with Crippen LogP contribution in [0.3, 0.4) is 0 Å². The highest BCUT2D eigenvalue weighted by Crippen LogP contribution is 2.26. The van der Waals surface area contributed by atoms with Gasteiger partial charge in [0.15, 0.2) is 0 Å². The van der Waals surface area contributed by atoms with Crippen LogP contribution in [-0.4, -0.2) is 69.7 Å². The quantitative estimate of drug-likeness (QED) is 0.210. The molecule has 1 aliphatic rings. The van der Waals surface area contributed by atoms with Gasteiger partial charge in [0.2, 0.25) is 5.88 Å². The Kier molecular flexibility index (Phi) is 10.0. The zero-order valence-corrected chi connectivity index (χ0v) is 26.6. The van der Waals surface area contributed by atoms with E-state index in [2.05, 4.69) is 75.2 Å². The molecule has 0 bridgehead atoms. The molecule has 5 rings (SSSR count). The Morgan fingerprint density at radius 3 is 2.11 bits per heavy atom. The summed E-state index contributed by atoms with van der Waals surface area (Å²) in [6.07, 6.45) is 3.90. The van der Waals surface area contributed by atoms with E-state index in [0.29, 0.717) is 55.2 Å². The number of nitrogens with zero attached hydrogens (tertiary/aromatic N) is 4. The van der Waals surface area contributed by atoms with Crippen LogP contribution in [0.2, 0.25) is 0 Å². The second-order valence-electron chi connectivity index (χ2n) is 11.8. The number of ether oxygens (including phenoxy) is 1. The molecule has 3 aromatic carbocycles. The smallest absolute Gasteiger partial charge is 0.254 e. The molecule has 234 valence electrons. The van der Waals surface area contributed by atoms with E-state index < -0.39 is 5.82 Å². The van der Waals surface area contributed by atoms with Gasteiger partial charge >= 0.3 is 0 Å². The second-order valence-corrected chi connectivity index (χ2v) is 11.8. The van der Waals surface area contributed by atoms with Gasteiger partial charge in [-0.25, -0.2) is 9.37 Å². The number of piperidine rings is 1. The van der Waals surface area contributed by atoms with E-state index >= 15 is 0 Å². The summed E-state index contributed by atoms with van der Waals surface area (Å²) >= 11 is 0. The highest BCUT2D eigenvalue weighted by Gasteiger charge is 2.27. The maximum atomic E-state index is 14.3. The molecule has 4 aromatic rings. The first-order chi connectivity index (χ1) is 21.7. The van der Waals surface area contributed by atoms with Crippen molar-refractivity contribution in [1.82, 2.24) is 15.2 Å². The van der Waals surface area contributed by atoms with Crippen molar-refractivity contribution in [3.8, 4) is 17.0 Å². The fourth-order valence-electron chi connectivity index (χ4n) is 5.46. The predicted molar refractivity (Wildman–Crippen MR) is 181 cm³/mol. The van der Waals surface area contributed by atoms with Crippen LogP contribution >= 0.6 is 0 Å². The van der Waals surface area contributed by atoms with Crippen LogP contribution in [-0.2, 0) is 6.42 Å². The maximum absolute atomic E-state index is 14.3. The van der Waals surface area contributed by atoms with Crippen molar-refractivity contribution >= 4 is 23.0 Å². The van der Waals surface area contributed by atoms with E-state index in [-0.39, 0.29) is 12.0 Å². The van der Waals surface area contributed by atoms with Gasteiger partial charge in [0.1, 0.15) is 11.9 Å². The van der Waals surface area contributed by atoms with E-state index in [9.17, 15) is 9.18 Å². The molecule has 45 heavy (non-hydrogen) atoms. The Labute approximate surface area is 266 Å². The lowest BCUT2D eigenvalue weighted by molar-refractivity contribution is 0.0587. The van der Waals surface area contributed by atoms with Gasteiger partial charge in [-0.1, -0.05) is 30.8 Å². The monoisotopic (exact) mass is 607 g/mol. The van der Waals surface area contributed by atoms with Gasteiger partial charge in [-0.3, -0.25) is 4.79 Å². The molecule has 0 aliphatic carbocycles. The number of pyridine rings is 1. The topological polar surface area (TPSA) is 60.9 Å². The van der Waals surface area contributed by atoms with Crippen LogP contribution in [0.15, 0.2) is 91.6 Å². The summed E-state index contributed by atoms with van der Waals surface area (Å²) in [7, 11) is 8.07. The summed E-state index contributed by atoms with van der Waals surface area (Å²) in [5.74, 6) is -0.0814. The number of halogens is 1. The molecular formula is C37H42FN5O2. The highest BCUT2D eigenvalue weighted by atomic mass is 19.1. The van der Waals surface area contributed by atoms with Crippen LogP contribution < -0.4 is 19.9 Å². The first-order valence-electron chi connectivity index (χ1n) is 15.4. The van der Waals surface area contributed by atoms with Crippen molar-refractivity contribution in [3.05, 3.63) is 114 Å². The molecule has 0 atom stereocenters. The van der Waals surface area contributed by atoms with Gasteiger partial charge in [0, 0.05) is 101 Å². The average molecular weight is 608 g/mol.